The molecule has 0 aromatic heterocycles. The van der Waals surface area contributed by atoms with Crippen LogP contribution in [0.1, 0.15) is 30.4 Å². The summed E-state index contributed by atoms with van der Waals surface area (Å²) < 4.78 is 0. The van der Waals surface area contributed by atoms with Crippen molar-refractivity contribution in [2.24, 2.45) is 17.6 Å². The molecule has 5 nitrogen and oxygen atoms in total. The summed E-state index contributed by atoms with van der Waals surface area (Å²) in [4.78, 5) is 26.0. The van der Waals surface area contributed by atoms with Crippen LogP contribution in [-0.4, -0.2) is 34.5 Å². The van der Waals surface area contributed by atoms with E-state index in [1.807, 2.05) is 48.5 Å². The van der Waals surface area contributed by atoms with E-state index in [0.717, 1.165) is 25.1 Å². The summed E-state index contributed by atoms with van der Waals surface area (Å²) in [5.41, 5.74) is 7.78. The Morgan fingerprint density at radius 3 is 2.21 bits per heavy atom. The standard InChI is InChI=1S/C23H28N2O3/c24-22(26)19-11-12-25(16-18-9-5-2-6-10-18)21(14-19)15-20(23(27)28)13-17-7-3-1-4-8-17/h1-10,19-21H,11-16H2,(H2,24,26)(H,27,28)/t19?,20-,21?/m1/s1. The van der Waals surface area contributed by atoms with Gasteiger partial charge in [-0.3, -0.25) is 14.5 Å². The summed E-state index contributed by atoms with van der Waals surface area (Å²) in [6.45, 7) is 1.51. The fraction of sp³-hybridized carbons (Fsp3) is 0.391. The van der Waals surface area contributed by atoms with Gasteiger partial charge in [-0.05, 0) is 43.4 Å². The third-order valence-corrected chi connectivity index (χ3v) is 5.70. The molecule has 3 atom stereocenters. The van der Waals surface area contributed by atoms with Crippen LogP contribution in [0.4, 0.5) is 0 Å². The average Bonchev–Trinajstić information content (AvgIpc) is 2.70. The lowest BCUT2D eigenvalue weighted by atomic mass is 9.83. The predicted molar refractivity (Wildman–Crippen MR) is 108 cm³/mol. The zero-order valence-corrected chi connectivity index (χ0v) is 16.0. The number of carbonyl (C=O) groups excluding carboxylic acids is 1. The van der Waals surface area contributed by atoms with Gasteiger partial charge in [0.15, 0.2) is 0 Å². The van der Waals surface area contributed by atoms with Gasteiger partial charge in [-0.25, -0.2) is 0 Å². The van der Waals surface area contributed by atoms with Gasteiger partial charge in [-0.2, -0.15) is 0 Å². The molecule has 28 heavy (non-hydrogen) atoms. The van der Waals surface area contributed by atoms with Crippen molar-refractivity contribution in [2.45, 2.75) is 38.3 Å². The smallest absolute Gasteiger partial charge is 0.306 e. The van der Waals surface area contributed by atoms with Gasteiger partial charge >= 0.3 is 5.97 Å². The fourth-order valence-electron chi connectivity index (χ4n) is 4.13. The van der Waals surface area contributed by atoms with E-state index in [9.17, 15) is 14.7 Å². The molecule has 148 valence electrons. The second kappa shape index (κ2) is 9.51. The van der Waals surface area contributed by atoms with Crippen molar-refractivity contribution < 1.29 is 14.7 Å². The summed E-state index contributed by atoms with van der Waals surface area (Å²) in [7, 11) is 0. The van der Waals surface area contributed by atoms with Crippen LogP contribution in [0.2, 0.25) is 0 Å². The Bertz CT molecular complexity index is 779. The molecule has 2 unspecified atom stereocenters. The summed E-state index contributed by atoms with van der Waals surface area (Å²) in [5, 5.41) is 9.81. The number of primary amides is 1. The monoisotopic (exact) mass is 380 g/mol. The quantitative estimate of drug-likeness (QED) is 0.737. The number of carboxylic acids is 1. The van der Waals surface area contributed by atoms with E-state index < -0.39 is 11.9 Å². The molecule has 5 heteroatoms. The zero-order valence-electron chi connectivity index (χ0n) is 16.0. The topological polar surface area (TPSA) is 83.6 Å². The number of benzene rings is 2. The molecular formula is C23H28N2O3. The summed E-state index contributed by atoms with van der Waals surface area (Å²) in [6.07, 6.45) is 2.36. The van der Waals surface area contributed by atoms with Crippen molar-refractivity contribution in [3.63, 3.8) is 0 Å². The van der Waals surface area contributed by atoms with Crippen LogP contribution in [0.25, 0.3) is 0 Å². The first kappa shape index (κ1) is 20.1. The maximum Gasteiger partial charge on any atom is 0.306 e. The number of amides is 1. The minimum Gasteiger partial charge on any atom is -0.481 e. The molecule has 2 aromatic rings. The van der Waals surface area contributed by atoms with Crippen LogP contribution >= 0.6 is 0 Å². The van der Waals surface area contributed by atoms with Gasteiger partial charge in [0.05, 0.1) is 5.92 Å². The third-order valence-electron chi connectivity index (χ3n) is 5.70. The Balaban J connectivity index is 1.75. The molecule has 0 bridgehead atoms. The first-order valence-electron chi connectivity index (χ1n) is 9.87. The molecule has 3 rings (SSSR count). The van der Waals surface area contributed by atoms with E-state index in [4.69, 9.17) is 5.73 Å². The molecule has 0 spiro atoms. The fourth-order valence-corrected chi connectivity index (χ4v) is 4.13. The van der Waals surface area contributed by atoms with Crippen molar-refractivity contribution in [1.82, 2.24) is 4.90 Å². The van der Waals surface area contributed by atoms with Crippen molar-refractivity contribution in [1.29, 1.82) is 0 Å². The molecule has 0 radical (unpaired) electrons. The molecule has 1 heterocycles. The molecule has 0 aliphatic carbocycles. The number of hydrogen-bond donors (Lipinski definition) is 2. The van der Waals surface area contributed by atoms with Gasteiger partial charge in [0.1, 0.15) is 0 Å². The summed E-state index contributed by atoms with van der Waals surface area (Å²) in [5.74, 6) is -1.73. The molecule has 3 N–H and O–H groups in total. The lowest BCUT2D eigenvalue weighted by molar-refractivity contribution is -0.142. The first-order chi connectivity index (χ1) is 13.5. The Kier molecular flexibility index (Phi) is 6.82. The zero-order chi connectivity index (χ0) is 19.9. The molecule has 1 fully saturated rings. The highest BCUT2D eigenvalue weighted by molar-refractivity contribution is 5.76. The average molecular weight is 380 g/mol. The second-order valence-electron chi connectivity index (χ2n) is 7.69. The second-order valence-corrected chi connectivity index (χ2v) is 7.69. The highest BCUT2D eigenvalue weighted by Gasteiger charge is 2.34. The Hall–Kier alpha value is -2.66. The van der Waals surface area contributed by atoms with E-state index >= 15 is 0 Å². The highest BCUT2D eigenvalue weighted by atomic mass is 16.4. The molecule has 0 saturated carbocycles. The van der Waals surface area contributed by atoms with E-state index in [0.29, 0.717) is 19.3 Å². The van der Waals surface area contributed by atoms with Crippen molar-refractivity contribution in [2.75, 3.05) is 6.54 Å². The van der Waals surface area contributed by atoms with Gasteiger partial charge < -0.3 is 10.8 Å². The lowest BCUT2D eigenvalue weighted by Crippen LogP contribution is -2.46. The van der Waals surface area contributed by atoms with Crippen LogP contribution in [0, 0.1) is 11.8 Å². The van der Waals surface area contributed by atoms with Gasteiger partial charge in [-0.15, -0.1) is 0 Å². The van der Waals surface area contributed by atoms with Gasteiger partial charge in [0, 0.05) is 18.5 Å². The van der Waals surface area contributed by atoms with E-state index in [2.05, 4.69) is 17.0 Å². The maximum absolute atomic E-state index is 11.9. The summed E-state index contributed by atoms with van der Waals surface area (Å²) in [6, 6.07) is 19.9. The molecule has 2 aromatic carbocycles. The van der Waals surface area contributed by atoms with Crippen LogP contribution in [-0.2, 0) is 22.6 Å². The number of rotatable bonds is 8. The van der Waals surface area contributed by atoms with E-state index in [1.165, 1.54) is 5.56 Å². The van der Waals surface area contributed by atoms with Crippen LogP contribution in [0.15, 0.2) is 60.7 Å². The number of piperidine rings is 1. The van der Waals surface area contributed by atoms with Crippen LogP contribution in [0.3, 0.4) is 0 Å². The number of likely N-dealkylation sites (tertiary alicyclic amines) is 1. The normalized spacial score (nSPS) is 21.1. The Labute approximate surface area is 166 Å². The van der Waals surface area contributed by atoms with E-state index in [-0.39, 0.29) is 17.9 Å². The number of nitrogens with zero attached hydrogens (tertiary/aromatic N) is 1. The molecule has 1 amide bonds. The Morgan fingerprint density at radius 2 is 1.64 bits per heavy atom. The highest BCUT2D eigenvalue weighted by Crippen LogP contribution is 2.30. The van der Waals surface area contributed by atoms with Crippen molar-refractivity contribution >= 4 is 11.9 Å². The minimum atomic E-state index is -0.787. The largest absolute Gasteiger partial charge is 0.481 e. The number of aliphatic carboxylic acids is 1. The minimum absolute atomic E-state index is 0.0243. The molecule has 1 saturated heterocycles. The van der Waals surface area contributed by atoms with Crippen LogP contribution in [0.5, 0.6) is 0 Å². The summed E-state index contributed by atoms with van der Waals surface area (Å²) >= 11 is 0. The van der Waals surface area contributed by atoms with Crippen LogP contribution < -0.4 is 5.73 Å². The molecule has 1 aliphatic rings. The van der Waals surface area contributed by atoms with Crippen molar-refractivity contribution in [3.8, 4) is 0 Å². The van der Waals surface area contributed by atoms with Gasteiger partial charge in [0.25, 0.3) is 0 Å². The van der Waals surface area contributed by atoms with Gasteiger partial charge in [0.2, 0.25) is 5.91 Å². The SMILES string of the molecule is NC(=O)C1CCN(Cc2ccccc2)C(C[C@@H](Cc2ccccc2)C(=O)O)C1. The van der Waals surface area contributed by atoms with Gasteiger partial charge in [-0.1, -0.05) is 60.7 Å². The van der Waals surface area contributed by atoms with Crippen molar-refractivity contribution in [3.05, 3.63) is 71.8 Å². The Morgan fingerprint density at radius 1 is 1.04 bits per heavy atom. The predicted octanol–water partition coefficient (Wildman–Crippen LogP) is 3.09. The van der Waals surface area contributed by atoms with E-state index in [1.54, 1.807) is 0 Å². The molecular weight excluding hydrogens is 352 g/mol. The third kappa shape index (κ3) is 5.42. The number of nitrogens with two attached hydrogens (primary N) is 1. The lowest BCUT2D eigenvalue weighted by Gasteiger charge is -2.39. The maximum atomic E-state index is 11.9. The number of hydrogen-bond acceptors (Lipinski definition) is 3. The number of carbonyl (C=O) groups is 2. The first-order valence-corrected chi connectivity index (χ1v) is 9.87. The molecule has 1 aliphatic heterocycles. The number of carboxylic acid groups (broad SMARTS) is 1.